The minimum Gasteiger partial charge on any atom is -0.478 e. The summed E-state index contributed by atoms with van der Waals surface area (Å²) in [7, 11) is 0. The summed E-state index contributed by atoms with van der Waals surface area (Å²) >= 11 is 0. The minimum atomic E-state index is -0.940. The number of nitrogens with zero attached hydrogens (tertiary/aromatic N) is 1. The highest BCUT2D eigenvalue weighted by molar-refractivity contribution is 5.99. The van der Waals surface area contributed by atoms with E-state index in [9.17, 15) is 9.90 Å². The Balaban J connectivity index is 2.05. The number of benzene rings is 1. The van der Waals surface area contributed by atoms with Crippen molar-refractivity contribution in [3.8, 4) is 0 Å². The summed E-state index contributed by atoms with van der Waals surface area (Å²) in [5.41, 5.74) is 2.14. The van der Waals surface area contributed by atoms with Gasteiger partial charge >= 0.3 is 5.97 Å². The van der Waals surface area contributed by atoms with Gasteiger partial charge in [-0.1, -0.05) is 6.07 Å². The number of aromatic carboxylic acids is 1. The van der Waals surface area contributed by atoms with Gasteiger partial charge in [0, 0.05) is 18.0 Å². The van der Waals surface area contributed by atoms with Crippen molar-refractivity contribution < 1.29 is 9.90 Å². The molecule has 5 heteroatoms. The molecule has 0 saturated heterocycles. The Morgan fingerprint density at radius 3 is 2.63 bits per heavy atom. The average molecular weight is 255 g/mol. The number of carboxylic acid groups (broad SMARTS) is 1. The van der Waals surface area contributed by atoms with Gasteiger partial charge in [-0.3, -0.25) is 4.98 Å². The fraction of sp³-hybridized carbons (Fsp3) is 0.143. The quantitative estimate of drug-likeness (QED) is 0.768. The molecule has 1 atom stereocenters. The summed E-state index contributed by atoms with van der Waals surface area (Å²) in [6, 6.07) is 8.98. The molecule has 1 unspecified atom stereocenters. The van der Waals surface area contributed by atoms with Gasteiger partial charge in [-0.25, -0.2) is 4.79 Å². The van der Waals surface area contributed by atoms with Crippen LogP contribution in [-0.2, 0) is 5.66 Å². The molecule has 2 aromatic rings. The van der Waals surface area contributed by atoms with E-state index in [0.29, 0.717) is 5.69 Å². The number of pyridine rings is 1. The van der Waals surface area contributed by atoms with Gasteiger partial charge in [-0.05, 0) is 31.2 Å². The van der Waals surface area contributed by atoms with Crippen molar-refractivity contribution in [2.75, 3.05) is 10.6 Å². The second-order valence-corrected chi connectivity index (χ2v) is 4.64. The van der Waals surface area contributed by atoms with Crippen LogP contribution in [0.25, 0.3) is 0 Å². The zero-order valence-corrected chi connectivity index (χ0v) is 10.3. The van der Waals surface area contributed by atoms with Crippen LogP contribution in [0.3, 0.4) is 0 Å². The fourth-order valence-corrected chi connectivity index (χ4v) is 2.35. The molecule has 3 rings (SSSR count). The molecule has 5 nitrogen and oxygen atoms in total. The highest BCUT2D eigenvalue weighted by Crippen LogP contribution is 2.40. The molecule has 0 aliphatic carbocycles. The lowest BCUT2D eigenvalue weighted by molar-refractivity contribution is 0.0698. The average Bonchev–Trinajstić information content (AvgIpc) is 2.77. The maximum Gasteiger partial charge on any atom is 0.337 e. The number of aromatic nitrogens is 1. The summed E-state index contributed by atoms with van der Waals surface area (Å²) in [4.78, 5) is 15.2. The van der Waals surface area contributed by atoms with Crippen LogP contribution in [0.15, 0.2) is 42.7 Å². The third-order valence-corrected chi connectivity index (χ3v) is 3.31. The number of nitrogens with one attached hydrogen (secondary N) is 2. The molecule has 0 amide bonds. The maximum atomic E-state index is 11.2. The second-order valence-electron chi connectivity index (χ2n) is 4.64. The molecule has 19 heavy (non-hydrogen) atoms. The van der Waals surface area contributed by atoms with Gasteiger partial charge in [0.25, 0.3) is 0 Å². The molecule has 1 aliphatic heterocycles. The van der Waals surface area contributed by atoms with E-state index in [1.54, 1.807) is 24.5 Å². The lowest BCUT2D eigenvalue weighted by Gasteiger charge is -2.26. The highest BCUT2D eigenvalue weighted by atomic mass is 16.4. The Labute approximate surface area is 110 Å². The summed E-state index contributed by atoms with van der Waals surface area (Å²) in [6.07, 6.45) is 3.43. The number of para-hydroxylation sites is 1. The normalized spacial score (nSPS) is 20.3. The van der Waals surface area contributed by atoms with E-state index in [0.717, 1.165) is 11.3 Å². The van der Waals surface area contributed by atoms with Crippen molar-refractivity contribution in [3.05, 3.63) is 53.9 Å². The third-order valence-electron chi connectivity index (χ3n) is 3.31. The molecule has 0 spiro atoms. The molecule has 0 radical (unpaired) electrons. The molecule has 1 aromatic carbocycles. The van der Waals surface area contributed by atoms with Crippen molar-refractivity contribution in [1.29, 1.82) is 0 Å². The first-order valence-corrected chi connectivity index (χ1v) is 5.93. The number of fused-ring (bicyclic) bond motifs is 1. The summed E-state index contributed by atoms with van der Waals surface area (Å²) in [6.45, 7) is 1.97. The Morgan fingerprint density at radius 2 is 1.95 bits per heavy atom. The van der Waals surface area contributed by atoms with Gasteiger partial charge < -0.3 is 15.7 Å². The number of rotatable bonds is 2. The Hall–Kier alpha value is -2.56. The summed E-state index contributed by atoms with van der Waals surface area (Å²) in [5, 5.41) is 15.8. The summed E-state index contributed by atoms with van der Waals surface area (Å²) < 4.78 is 0. The lowest BCUT2D eigenvalue weighted by atomic mass is 10.0. The number of anilines is 2. The van der Waals surface area contributed by atoms with E-state index in [-0.39, 0.29) is 5.56 Å². The molecular weight excluding hydrogens is 242 g/mol. The van der Waals surface area contributed by atoms with E-state index in [1.807, 2.05) is 25.1 Å². The van der Waals surface area contributed by atoms with Crippen molar-refractivity contribution in [2.45, 2.75) is 12.6 Å². The van der Waals surface area contributed by atoms with E-state index in [2.05, 4.69) is 15.6 Å². The predicted octanol–water partition coefficient (Wildman–Crippen LogP) is 2.49. The van der Waals surface area contributed by atoms with E-state index in [4.69, 9.17) is 0 Å². The van der Waals surface area contributed by atoms with Crippen LogP contribution in [0.1, 0.15) is 22.8 Å². The van der Waals surface area contributed by atoms with E-state index >= 15 is 0 Å². The largest absolute Gasteiger partial charge is 0.478 e. The topological polar surface area (TPSA) is 74.2 Å². The molecule has 1 aliphatic rings. The summed E-state index contributed by atoms with van der Waals surface area (Å²) in [5.74, 6) is -0.940. The smallest absolute Gasteiger partial charge is 0.337 e. The van der Waals surface area contributed by atoms with Crippen LogP contribution < -0.4 is 10.6 Å². The maximum absolute atomic E-state index is 11.2. The monoisotopic (exact) mass is 255 g/mol. The van der Waals surface area contributed by atoms with Crippen LogP contribution in [0, 0.1) is 0 Å². The predicted molar refractivity (Wildman–Crippen MR) is 72.2 cm³/mol. The van der Waals surface area contributed by atoms with Crippen LogP contribution in [0.5, 0.6) is 0 Å². The third kappa shape index (κ3) is 1.79. The standard InChI is InChI=1S/C14H13N3O2/c1-14(9-5-7-15-8-6-9)16-11-4-2-3-10(13(18)19)12(11)17-14/h2-8,16-17H,1H3,(H,18,19). The van der Waals surface area contributed by atoms with Crippen molar-refractivity contribution in [1.82, 2.24) is 4.98 Å². The van der Waals surface area contributed by atoms with Gasteiger partial charge in [0.15, 0.2) is 0 Å². The zero-order valence-electron chi connectivity index (χ0n) is 10.3. The molecular formula is C14H13N3O2. The van der Waals surface area contributed by atoms with Crippen molar-refractivity contribution >= 4 is 17.3 Å². The van der Waals surface area contributed by atoms with Gasteiger partial charge in [0.1, 0.15) is 5.66 Å². The Kier molecular flexibility index (Phi) is 2.41. The first-order valence-electron chi connectivity index (χ1n) is 5.93. The second kappa shape index (κ2) is 3.98. The molecule has 0 fully saturated rings. The molecule has 96 valence electrons. The highest BCUT2D eigenvalue weighted by Gasteiger charge is 2.35. The van der Waals surface area contributed by atoms with Gasteiger partial charge in [-0.2, -0.15) is 0 Å². The number of hydrogen-bond acceptors (Lipinski definition) is 4. The molecule has 0 bridgehead atoms. The van der Waals surface area contributed by atoms with E-state index < -0.39 is 11.6 Å². The number of carbonyl (C=O) groups is 1. The number of carboxylic acids is 1. The molecule has 0 saturated carbocycles. The first kappa shape index (κ1) is 11.5. The van der Waals surface area contributed by atoms with Gasteiger partial charge in [-0.15, -0.1) is 0 Å². The molecule has 1 aromatic heterocycles. The van der Waals surface area contributed by atoms with Crippen LogP contribution in [0.2, 0.25) is 0 Å². The first-order chi connectivity index (χ1) is 9.10. The van der Waals surface area contributed by atoms with Gasteiger partial charge in [0.05, 0.1) is 16.9 Å². The lowest BCUT2D eigenvalue weighted by Crippen LogP contribution is -2.35. The van der Waals surface area contributed by atoms with Crippen molar-refractivity contribution in [3.63, 3.8) is 0 Å². The van der Waals surface area contributed by atoms with Crippen LogP contribution >= 0.6 is 0 Å². The number of hydrogen-bond donors (Lipinski definition) is 3. The van der Waals surface area contributed by atoms with Crippen LogP contribution in [0.4, 0.5) is 11.4 Å². The fourth-order valence-electron chi connectivity index (χ4n) is 2.35. The minimum absolute atomic E-state index is 0.266. The van der Waals surface area contributed by atoms with Gasteiger partial charge in [0.2, 0.25) is 0 Å². The SMILES string of the molecule is CC1(c2ccncc2)Nc2cccc(C(=O)O)c2N1. The molecule has 2 heterocycles. The molecule has 3 N–H and O–H groups in total. The Bertz CT molecular complexity index is 642. The van der Waals surface area contributed by atoms with E-state index in [1.165, 1.54) is 0 Å². The van der Waals surface area contributed by atoms with Crippen LogP contribution in [-0.4, -0.2) is 16.1 Å². The zero-order chi connectivity index (χ0) is 13.5. The Morgan fingerprint density at radius 1 is 1.21 bits per heavy atom. The van der Waals surface area contributed by atoms with Crippen molar-refractivity contribution in [2.24, 2.45) is 0 Å².